The van der Waals surface area contributed by atoms with E-state index >= 15 is 0 Å². The number of imidazole rings is 1. The Morgan fingerprint density at radius 1 is 1.15 bits per heavy atom. The minimum atomic E-state index is -0.568. The second-order valence-corrected chi connectivity index (χ2v) is 7.30. The predicted octanol–water partition coefficient (Wildman–Crippen LogP) is 3.73. The number of benzene rings is 2. The van der Waals surface area contributed by atoms with Crippen molar-refractivity contribution < 1.29 is 14.4 Å². The first-order chi connectivity index (χ1) is 13.0. The number of ether oxygens (including phenoxy) is 1. The van der Waals surface area contributed by atoms with Crippen LogP contribution in [0.4, 0.5) is 0 Å². The zero-order valence-corrected chi connectivity index (χ0v) is 16.9. The fraction of sp³-hybridized carbons (Fsp3) is 0.435. The van der Waals surface area contributed by atoms with E-state index in [0.29, 0.717) is 6.54 Å². The molecule has 27 heavy (non-hydrogen) atoms. The van der Waals surface area contributed by atoms with Crippen LogP contribution in [0.2, 0.25) is 0 Å². The summed E-state index contributed by atoms with van der Waals surface area (Å²) in [5, 5.41) is 10.7. The third-order valence-electron chi connectivity index (χ3n) is 5.06. The van der Waals surface area contributed by atoms with Crippen LogP contribution in [0.5, 0.6) is 5.75 Å². The summed E-state index contributed by atoms with van der Waals surface area (Å²) in [4.78, 5) is 0. The first kappa shape index (κ1) is 19.4. The SMILES string of the molecule is CCCc1n(C[C@H](O)COc2cc(C)cc(CC)c2)c2ccccc2[n+]1C. The van der Waals surface area contributed by atoms with E-state index in [0.717, 1.165) is 30.5 Å². The quantitative estimate of drug-likeness (QED) is 0.616. The van der Waals surface area contributed by atoms with Crippen molar-refractivity contribution in [3.05, 3.63) is 59.4 Å². The van der Waals surface area contributed by atoms with E-state index < -0.39 is 6.10 Å². The minimum Gasteiger partial charge on any atom is -0.491 e. The highest BCUT2D eigenvalue weighted by atomic mass is 16.5. The Hall–Kier alpha value is -2.33. The van der Waals surface area contributed by atoms with Crippen LogP contribution in [0.15, 0.2) is 42.5 Å². The molecule has 0 fully saturated rings. The van der Waals surface area contributed by atoms with E-state index in [2.05, 4.69) is 73.4 Å². The van der Waals surface area contributed by atoms with Gasteiger partial charge in [0.25, 0.3) is 5.82 Å². The number of aromatic nitrogens is 2. The summed E-state index contributed by atoms with van der Waals surface area (Å²) in [7, 11) is 2.10. The number of para-hydroxylation sites is 2. The van der Waals surface area contributed by atoms with Gasteiger partial charge in [0.05, 0.1) is 7.05 Å². The van der Waals surface area contributed by atoms with Gasteiger partial charge in [0, 0.05) is 6.42 Å². The Morgan fingerprint density at radius 2 is 1.93 bits per heavy atom. The smallest absolute Gasteiger partial charge is 0.257 e. The normalized spacial score (nSPS) is 12.5. The molecule has 0 bridgehead atoms. The maximum Gasteiger partial charge on any atom is 0.257 e. The fourth-order valence-corrected chi connectivity index (χ4v) is 3.73. The van der Waals surface area contributed by atoms with Crippen LogP contribution < -0.4 is 9.30 Å². The van der Waals surface area contributed by atoms with Crippen LogP contribution in [0.3, 0.4) is 0 Å². The summed E-state index contributed by atoms with van der Waals surface area (Å²) in [6, 6.07) is 14.6. The maximum atomic E-state index is 10.7. The van der Waals surface area contributed by atoms with Crippen molar-refractivity contribution in [3.8, 4) is 5.75 Å². The zero-order valence-electron chi connectivity index (χ0n) is 16.9. The summed E-state index contributed by atoms with van der Waals surface area (Å²) in [6.45, 7) is 7.22. The molecule has 0 unspecified atom stereocenters. The first-order valence-corrected chi connectivity index (χ1v) is 9.91. The highest BCUT2D eigenvalue weighted by molar-refractivity contribution is 5.72. The maximum absolute atomic E-state index is 10.7. The van der Waals surface area contributed by atoms with Crippen molar-refractivity contribution in [2.45, 2.75) is 52.7 Å². The molecule has 1 aromatic heterocycles. The van der Waals surface area contributed by atoms with E-state index in [4.69, 9.17) is 4.74 Å². The molecule has 0 saturated carbocycles. The van der Waals surface area contributed by atoms with Gasteiger partial charge in [0.15, 0.2) is 11.0 Å². The van der Waals surface area contributed by atoms with Crippen LogP contribution in [-0.4, -0.2) is 22.4 Å². The molecular weight excluding hydrogens is 336 g/mol. The molecule has 0 amide bonds. The van der Waals surface area contributed by atoms with Gasteiger partial charge in [-0.3, -0.25) is 0 Å². The molecule has 1 atom stereocenters. The summed E-state index contributed by atoms with van der Waals surface area (Å²) in [5.74, 6) is 2.07. The lowest BCUT2D eigenvalue weighted by Crippen LogP contribution is -2.34. The second kappa shape index (κ2) is 8.57. The highest BCUT2D eigenvalue weighted by Gasteiger charge is 2.23. The van der Waals surface area contributed by atoms with E-state index in [1.807, 2.05) is 6.07 Å². The second-order valence-electron chi connectivity index (χ2n) is 7.30. The van der Waals surface area contributed by atoms with Crippen molar-refractivity contribution in [1.29, 1.82) is 0 Å². The fourth-order valence-electron chi connectivity index (χ4n) is 3.73. The van der Waals surface area contributed by atoms with Crippen molar-refractivity contribution in [1.82, 2.24) is 4.57 Å². The number of aliphatic hydroxyl groups is 1. The Labute approximate surface area is 162 Å². The number of hydrogen-bond donors (Lipinski definition) is 1. The van der Waals surface area contributed by atoms with E-state index in [-0.39, 0.29) is 6.61 Å². The van der Waals surface area contributed by atoms with E-state index in [9.17, 15) is 5.11 Å². The number of nitrogens with zero attached hydrogens (tertiary/aromatic N) is 2. The standard InChI is InChI=1S/C23H31N2O2/c1-5-9-23-24(4)21-10-7-8-11-22(21)25(23)15-19(26)16-27-20-13-17(3)12-18(6-2)14-20/h7-8,10-14,19,26H,5-6,9,15-16H2,1-4H3/q+1/t19-/m0/s1. The van der Waals surface area contributed by atoms with Crippen molar-refractivity contribution in [3.63, 3.8) is 0 Å². The van der Waals surface area contributed by atoms with Gasteiger partial charge in [-0.25, -0.2) is 9.13 Å². The summed E-state index contributed by atoms with van der Waals surface area (Å²) in [6.07, 6.45) is 2.46. The molecule has 3 aromatic rings. The molecule has 0 aliphatic heterocycles. The van der Waals surface area contributed by atoms with Gasteiger partial charge in [-0.05, 0) is 55.2 Å². The number of fused-ring (bicyclic) bond motifs is 1. The average Bonchev–Trinajstić information content (AvgIpc) is 2.92. The van der Waals surface area contributed by atoms with Gasteiger partial charge in [-0.15, -0.1) is 0 Å². The van der Waals surface area contributed by atoms with E-state index in [1.165, 1.54) is 22.5 Å². The van der Waals surface area contributed by atoms with Crippen LogP contribution in [0.25, 0.3) is 11.0 Å². The number of aryl methyl sites for hydroxylation is 3. The molecule has 0 radical (unpaired) electrons. The molecule has 0 aliphatic rings. The monoisotopic (exact) mass is 367 g/mol. The third-order valence-corrected chi connectivity index (χ3v) is 5.06. The average molecular weight is 368 g/mol. The molecular formula is C23H31N2O2+. The van der Waals surface area contributed by atoms with Gasteiger partial charge in [-0.2, -0.15) is 0 Å². The van der Waals surface area contributed by atoms with Gasteiger partial charge < -0.3 is 9.84 Å². The molecule has 1 heterocycles. The Bertz CT molecular complexity index is 914. The van der Waals surface area contributed by atoms with Crippen LogP contribution in [-0.2, 0) is 26.4 Å². The van der Waals surface area contributed by atoms with E-state index in [1.54, 1.807) is 0 Å². The number of rotatable bonds is 8. The summed E-state index contributed by atoms with van der Waals surface area (Å²) in [5.41, 5.74) is 4.80. The van der Waals surface area contributed by atoms with Gasteiger partial charge in [0.2, 0.25) is 0 Å². The van der Waals surface area contributed by atoms with Crippen LogP contribution in [0, 0.1) is 6.92 Å². The van der Waals surface area contributed by atoms with Gasteiger partial charge in [-0.1, -0.05) is 32.0 Å². The molecule has 4 heteroatoms. The zero-order chi connectivity index (χ0) is 19.4. The molecule has 1 N–H and O–H groups in total. The minimum absolute atomic E-state index is 0.286. The van der Waals surface area contributed by atoms with Crippen molar-refractivity contribution in [2.24, 2.45) is 7.05 Å². The lowest BCUT2D eigenvalue weighted by Gasteiger charge is -2.13. The summed E-state index contributed by atoms with van der Waals surface area (Å²) >= 11 is 0. The van der Waals surface area contributed by atoms with Crippen LogP contribution in [0.1, 0.15) is 37.2 Å². The van der Waals surface area contributed by atoms with Crippen molar-refractivity contribution in [2.75, 3.05) is 6.61 Å². The Morgan fingerprint density at radius 3 is 2.67 bits per heavy atom. The summed E-state index contributed by atoms with van der Waals surface area (Å²) < 4.78 is 10.4. The molecule has 0 saturated heterocycles. The van der Waals surface area contributed by atoms with Gasteiger partial charge >= 0.3 is 0 Å². The lowest BCUT2D eigenvalue weighted by molar-refractivity contribution is -0.654. The molecule has 144 valence electrons. The first-order valence-electron chi connectivity index (χ1n) is 9.91. The van der Waals surface area contributed by atoms with Crippen molar-refractivity contribution >= 4 is 11.0 Å². The largest absolute Gasteiger partial charge is 0.491 e. The highest BCUT2D eigenvalue weighted by Crippen LogP contribution is 2.19. The number of hydrogen-bond acceptors (Lipinski definition) is 2. The predicted molar refractivity (Wildman–Crippen MR) is 109 cm³/mol. The topological polar surface area (TPSA) is 38.3 Å². The molecule has 0 spiro atoms. The Balaban J connectivity index is 1.77. The molecule has 4 nitrogen and oxygen atoms in total. The third kappa shape index (κ3) is 4.33. The lowest BCUT2D eigenvalue weighted by atomic mass is 10.1. The molecule has 2 aromatic carbocycles. The molecule has 0 aliphatic carbocycles. The van der Waals surface area contributed by atoms with Gasteiger partial charge in [0.1, 0.15) is 25.0 Å². The molecule has 3 rings (SSSR count). The van der Waals surface area contributed by atoms with Crippen LogP contribution >= 0.6 is 0 Å². The Kier molecular flexibility index (Phi) is 6.17. The number of aliphatic hydroxyl groups excluding tert-OH is 1.